The van der Waals surface area contributed by atoms with Crippen LogP contribution in [0.15, 0.2) is 42.5 Å². The van der Waals surface area contributed by atoms with Gasteiger partial charge in [0.15, 0.2) is 0 Å². The summed E-state index contributed by atoms with van der Waals surface area (Å²) in [6, 6.07) is 15.8. The second-order valence-electron chi connectivity index (χ2n) is 6.23. The first-order valence-electron chi connectivity index (χ1n) is 7.99. The lowest BCUT2D eigenvalue weighted by molar-refractivity contribution is 0.647. The average Bonchev–Trinajstić information content (AvgIpc) is 2.44. The van der Waals surface area contributed by atoms with Crippen molar-refractivity contribution < 1.29 is 0 Å². The van der Waals surface area contributed by atoms with E-state index < -0.39 is 0 Å². The predicted molar refractivity (Wildman–Crippen MR) is 92.5 cm³/mol. The third-order valence-corrected chi connectivity index (χ3v) is 3.75. The number of aryl methyl sites for hydroxylation is 1. The van der Waals surface area contributed by atoms with Gasteiger partial charge in [-0.15, -0.1) is 0 Å². The number of hydrogen-bond donors (Lipinski definition) is 1. The lowest BCUT2D eigenvalue weighted by Crippen LogP contribution is -2.11. The van der Waals surface area contributed by atoms with Crippen molar-refractivity contribution in [2.24, 2.45) is 5.92 Å². The fourth-order valence-electron chi connectivity index (χ4n) is 2.77. The van der Waals surface area contributed by atoms with Crippen LogP contribution in [0.3, 0.4) is 0 Å². The Hall–Kier alpha value is -1.60. The summed E-state index contributed by atoms with van der Waals surface area (Å²) in [6.45, 7) is 10.9. The highest BCUT2D eigenvalue weighted by molar-refractivity contribution is 5.68. The van der Waals surface area contributed by atoms with Crippen molar-refractivity contribution in [2.75, 3.05) is 6.54 Å². The molecule has 0 amide bonds. The van der Waals surface area contributed by atoms with Gasteiger partial charge in [0.25, 0.3) is 0 Å². The Kier molecular flexibility index (Phi) is 5.58. The number of nitrogens with one attached hydrogen (secondary N) is 1. The molecular formula is C20H27N. The van der Waals surface area contributed by atoms with E-state index >= 15 is 0 Å². The quantitative estimate of drug-likeness (QED) is 0.788. The van der Waals surface area contributed by atoms with E-state index in [-0.39, 0.29) is 0 Å². The minimum atomic E-state index is 0.698. The van der Waals surface area contributed by atoms with Crippen LogP contribution in [0.1, 0.15) is 37.5 Å². The molecule has 0 saturated carbocycles. The molecule has 0 fully saturated rings. The smallest absolute Gasteiger partial charge is 0.0205 e. The number of rotatable bonds is 6. The van der Waals surface area contributed by atoms with Crippen LogP contribution in [0.4, 0.5) is 0 Å². The van der Waals surface area contributed by atoms with Gasteiger partial charge in [-0.05, 0) is 53.6 Å². The van der Waals surface area contributed by atoms with Gasteiger partial charge < -0.3 is 5.32 Å². The Balaban J connectivity index is 2.25. The van der Waals surface area contributed by atoms with Crippen molar-refractivity contribution in [1.82, 2.24) is 5.32 Å². The molecule has 0 saturated heterocycles. The van der Waals surface area contributed by atoms with E-state index in [9.17, 15) is 0 Å². The molecule has 0 atom stereocenters. The molecule has 0 spiro atoms. The third-order valence-electron chi connectivity index (χ3n) is 3.75. The van der Waals surface area contributed by atoms with E-state index in [0.717, 1.165) is 19.5 Å². The Bertz CT molecular complexity index is 584. The Labute approximate surface area is 129 Å². The molecule has 0 aliphatic rings. The van der Waals surface area contributed by atoms with E-state index in [1.165, 1.54) is 27.8 Å². The molecule has 2 aromatic rings. The molecular weight excluding hydrogens is 254 g/mol. The van der Waals surface area contributed by atoms with E-state index in [1.807, 2.05) is 0 Å². The Morgan fingerprint density at radius 1 is 1.00 bits per heavy atom. The zero-order chi connectivity index (χ0) is 15.2. The maximum absolute atomic E-state index is 3.38. The van der Waals surface area contributed by atoms with Crippen molar-refractivity contribution in [2.45, 2.75) is 40.7 Å². The molecule has 2 rings (SSSR count). The van der Waals surface area contributed by atoms with Crippen LogP contribution in [0.2, 0.25) is 0 Å². The molecule has 0 radical (unpaired) electrons. The lowest BCUT2D eigenvalue weighted by Gasteiger charge is -2.11. The highest BCUT2D eigenvalue weighted by Gasteiger charge is 2.05. The van der Waals surface area contributed by atoms with Crippen LogP contribution in [0.5, 0.6) is 0 Å². The summed E-state index contributed by atoms with van der Waals surface area (Å²) >= 11 is 0. The van der Waals surface area contributed by atoms with Crippen LogP contribution >= 0.6 is 0 Å². The fraction of sp³-hybridized carbons (Fsp3) is 0.400. The zero-order valence-electron chi connectivity index (χ0n) is 13.7. The van der Waals surface area contributed by atoms with Gasteiger partial charge in [-0.25, -0.2) is 0 Å². The maximum atomic E-state index is 3.38. The van der Waals surface area contributed by atoms with Gasteiger partial charge in [-0.3, -0.25) is 0 Å². The summed E-state index contributed by atoms with van der Waals surface area (Å²) in [5.41, 5.74) is 6.82. The topological polar surface area (TPSA) is 12.0 Å². The molecule has 2 aromatic carbocycles. The van der Waals surface area contributed by atoms with Gasteiger partial charge >= 0.3 is 0 Å². The zero-order valence-corrected chi connectivity index (χ0v) is 13.7. The SMILES string of the molecule is CCNCc1ccc(-c2cccc(CC(C)C)c2)c(C)c1. The third kappa shape index (κ3) is 4.44. The van der Waals surface area contributed by atoms with Crippen LogP contribution < -0.4 is 5.32 Å². The van der Waals surface area contributed by atoms with Gasteiger partial charge in [0.2, 0.25) is 0 Å². The number of hydrogen-bond acceptors (Lipinski definition) is 1. The highest BCUT2D eigenvalue weighted by Crippen LogP contribution is 2.26. The van der Waals surface area contributed by atoms with Crippen LogP contribution in [-0.4, -0.2) is 6.54 Å². The molecule has 0 aromatic heterocycles. The molecule has 0 heterocycles. The van der Waals surface area contributed by atoms with Crippen molar-refractivity contribution in [3.8, 4) is 11.1 Å². The molecule has 0 bridgehead atoms. The first-order valence-corrected chi connectivity index (χ1v) is 7.99. The Morgan fingerprint density at radius 2 is 1.81 bits per heavy atom. The second kappa shape index (κ2) is 7.42. The average molecular weight is 281 g/mol. The lowest BCUT2D eigenvalue weighted by atomic mass is 9.95. The van der Waals surface area contributed by atoms with Gasteiger partial charge in [-0.2, -0.15) is 0 Å². The Morgan fingerprint density at radius 3 is 2.48 bits per heavy atom. The summed E-state index contributed by atoms with van der Waals surface area (Å²) in [5.74, 6) is 0.698. The largest absolute Gasteiger partial charge is 0.313 e. The molecule has 21 heavy (non-hydrogen) atoms. The van der Waals surface area contributed by atoms with Gasteiger partial charge in [-0.1, -0.05) is 63.2 Å². The van der Waals surface area contributed by atoms with Crippen LogP contribution in [0.25, 0.3) is 11.1 Å². The minimum absolute atomic E-state index is 0.698. The summed E-state index contributed by atoms with van der Waals surface area (Å²) in [4.78, 5) is 0. The van der Waals surface area contributed by atoms with E-state index in [2.05, 4.69) is 75.5 Å². The second-order valence-corrected chi connectivity index (χ2v) is 6.23. The standard InChI is InChI=1S/C20H27N/c1-5-21-14-18-9-10-20(16(4)12-18)19-8-6-7-17(13-19)11-15(2)3/h6-10,12-13,15,21H,5,11,14H2,1-4H3. The summed E-state index contributed by atoms with van der Waals surface area (Å²) in [6.07, 6.45) is 1.14. The minimum Gasteiger partial charge on any atom is -0.313 e. The van der Waals surface area contributed by atoms with Crippen LogP contribution in [0, 0.1) is 12.8 Å². The maximum Gasteiger partial charge on any atom is 0.0205 e. The van der Waals surface area contributed by atoms with Crippen molar-refractivity contribution in [3.05, 3.63) is 59.2 Å². The molecule has 0 aliphatic heterocycles. The van der Waals surface area contributed by atoms with E-state index in [4.69, 9.17) is 0 Å². The summed E-state index contributed by atoms with van der Waals surface area (Å²) in [5, 5.41) is 3.38. The van der Waals surface area contributed by atoms with Crippen molar-refractivity contribution >= 4 is 0 Å². The van der Waals surface area contributed by atoms with Gasteiger partial charge in [0.05, 0.1) is 0 Å². The van der Waals surface area contributed by atoms with Crippen molar-refractivity contribution in [3.63, 3.8) is 0 Å². The van der Waals surface area contributed by atoms with Crippen molar-refractivity contribution in [1.29, 1.82) is 0 Å². The molecule has 1 heteroatoms. The van der Waals surface area contributed by atoms with E-state index in [1.54, 1.807) is 0 Å². The molecule has 1 N–H and O–H groups in total. The summed E-state index contributed by atoms with van der Waals surface area (Å²) < 4.78 is 0. The fourth-order valence-corrected chi connectivity index (χ4v) is 2.77. The van der Waals surface area contributed by atoms with Gasteiger partial charge in [0.1, 0.15) is 0 Å². The predicted octanol–water partition coefficient (Wildman–Crippen LogP) is 4.97. The van der Waals surface area contributed by atoms with Gasteiger partial charge in [0, 0.05) is 6.54 Å². The first-order chi connectivity index (χ1) is 10.1. The van der Waals surface area contributed by atoms with E-state index in [0.29, 0.717) is 5.92 Å². The molecule has 0 unspecified atom stereocenters. The molecule has 0 aliphatic carbocycles. The van der Waals surface area contributed by atoms with Crippen LogP contribution in [-0.2, 0) is 13.0 Å². The first kappa shape index (κ1) is 15.8. The normalized spacial score (nSPS) is 11.1. The molecule has 112 valence electrons. The molecule has 1 nitrogen and oxygen atoms in total. The highest BCUT2D eigenvalue weighted by atomic mass is 14.8. The number of benzene rings is 2. The monoisotopic (exact) mass is 281 g/mol. The summed E-state index contributed by atoms with van der Waals surface area (Å²) in [7, 11) is 0.